The molecule has 0 atom stereocenters. The van der Waals surface area contributed by atoms with Crippen LogP contribution in [0.25, 0.3) is 0 Å². The summed E-state index contributed by atoms with van der Waals surface area (Å²) in [4.78, 5) is 22.9. The van der Waals surface area contributed by atoms with E-state index in [0.717, 1.165) is 0 Å². The molecule has 2 amide bonds. The van der Waals surface area contributed by atoms with Crippen LogP contribution in [0.2, 0.25) is 0 Å². The lowest BCUT2D eigenvalue weighted by atomic mass is 10.1. The number of benzene rings is 1. The molecule has 0 saturated heterocycles. The second kappa shape index (κ2) is 4.93. The molecule has 1 aromatic rings. The number of alkyl halides is 2. The molecule has 0 fully saturated rings. The van der Waals surface area contributed by atoms with Gasteiger partial charge in [0.15, 0.2) is 0 Å². The third-order valence-electron chi connectivity index (χ3n) is 2.80. The summed E-state index contributed by atoms with van der Waals surface area (Å²) in [5.74, 6) is -3.89. The molecule has 4 N–H and O–H groups in total. The van der Waals surface area contributed by atoms with Crippen LogP contribution in [0.1, 0.15) is 15.9 Å². The minimum atomic E-state index is -3.12. The standard InChI is InChI=1S/C12H13F2N3O2/c13-12(14,5-15)6-16-11(19)7-1-2-9-8(3-7)4-10(18)17-9/h1-3H,4-6,15H2,(H,16,19)(H,17,18). The van der Waals surface area contributed by atoms with Gasteiger partial charge in [-0.05, 0) is 23.8 Å². The van der Waals surface area contributed by atoms with Gasteiger partial charge < -0.3 is 16.4 Å². The first-order chi connectivity index (χ1) is 8.91. The summed E-state index contributed by atoms with van der Waals surface area (Å²) < 4.78 is 25.8. The molecule has 0 aromatic heterocycles. The summed E-state index contributed by atoms with van der Waals surface area (Å²) in [6, 6.07) is 4.57. The summed E-state index contributed by atoms with van der Waals surface area (Å²) in [6.45, 7) is -1.63. The molecule has 5 nitrogen and oxygen atoms in total. The third kappa shape index (κ3) is 3.05. The lowest BCUT2D eigenvalue weighted by molar-refractivity contribution is -0.115. The SMILES string of the molecule is NCC(F)(F)CNC(=O)c1ccc2c(c1)CC(=O)N2. The highest BCUT2D eigenvalue weighted by Crippen LogP contribution is 2.23. The lowest BCUT2D eigenvalue weighted by Crippen LogP contribution is -2.41. The van der Waals surface area contributed by atoms with Gasteiger partial charge in [-0.25, -0.2) is 8.78 Å². The van der Waals surface area contributed by atoms with Gasteiger partial charge in [-0.1, -0.05) is 0 Å². The van der Waals surface area contributed by atoms with Crippen LogP contribution >= 0.6 is 0 Å². The van der Waals surface area contributed by atoms with Crippen LogP contribution in [-0.2, 0) is 11.2 Å². The number of halogens is 2. The van der Waals surface area contributed by atoms with Crippen LogP contribution < -0.4 is 16.4 Å². The van der Waals surface area contributed by atoms with E-state index >= 15 is 0 Å². The van der Waals surface area contributed by atoms with E-state index in [1.165, 1.54) is 12.1 Å². The number of anilines is 1. The van der Waals surface area contributed by atoms with Crippen molar-refractivity contribution in [2.24, 2.45) is 5.73 Å². The van der Waals surface area contributed by atoms with Gasteiger partial charge in [0.2, 0.25) is 5.91 Å². The molecule has 0 unspecified atom stereocenters. The van der Waals surface area contributed by atoms with Gasteiger partial charge in [0.25, 0.3) is 11.8 Å². The minimum Gasteiger partial charge on any atom is -0.346 e. The van der Waals surface area contributed by atoms with Crippen LogP contribution in [0, 0.1) is 0 Å². The Labute approximate surface area is 108 Å². The van der Waals surface area contributed by atoms with E-state index in [0.29, 0.717) is 11.3 Å². The van der Waals surface area contributed by atoms with E-state index in [1.54, 1.807) is 6.07 Å². The Morgan fingerprint density at radius 2 is 2.21 bits per heavy atom. The van der Waals surface area contributed by atoms with Gasteiger partial charge in [-0.2, -0.15) is 0 Å². The Morgan fingerprint density at radius 3 is 2.89 bits per heavy atom. The maximum absolute atomic E-state index is 12.9. The lowest BCUT2D eigenvalue weighted by Gasteiger charge is -2.14. The van der Waals surface area contributed by atoms with Crippen LogP contribution in [0.5, 0.6) is 0 Å². The zero-order chi connectivity index (χ0) is 14.0. The molecule has 2 rings (SSSR count). The van der Waals surface area contributed by atoms with Crippen molar-refractivity contribution in [2.45, 2.75) is 12.3 Å². The monoisotopic (exact) mass is 269 g/mol. The quantitative estimate of drug-likeness (QED) is 0.744. The Bertz CT molecular complexity index is 532. The van der Waals surface area contributed by atoms with Crippen molar-refractivity contribution >= 4 is 17.5 Å². The topological polar surface area (TPSA) is 84.2 Å². The highest BCUT2D eigenvalue weighted by atomic mass is 19.3. The Balaban J connectivity index is 2.05. The molecule has 7 heteroatoms. The Hall–Kier alpha value is -2.02. The van der Waals surface area contributed by atoms with Gasteiger partial charge in [0, 0.05) is 11.3 Å². The number of nitrogens with two attached hydrogens (primary N) is 1. The van der Waals surface area contributed by atoms with E-state index in [4.69, 9.17) is 5.73 Å². The van der Waals surface area contributed by atoms with Crippen molar-refractivity contribution < 1.29 is 18.4 Å². The highest BCUT2D eigenvalue weighted by molar-refractivity contribution is 6.01. The second-order valence-corrected chi connectivity index (χ2v) is 4.34. The van der Waals surface area contributed by atoms with Crippen LogP contribution in [-0.4, -0.2) is 30.8 Å². The van der Waals surface area contributed by atoms with Crippen molar-refractivity contribution in [1.29, 1.82) is 0 Å². The van der Waals surface area contributed by atoms with Gasteiger partial charge in [-0.15, -0.1) is 0 Å². The number of rotatable bonds is 4. The molecule has 0 spiro atoms. The van der Waals surface area contributed by atoms with Crippen molar-refractivity contribution in [3.63, 3.8) is 0 Å². The maximum Gasteiger partial charge on any atom is 0.277 e. The fraction of sp³-hybridized carbons (Fsp3) is 0.333. The smallest absolute Gasteiger partial charge is 0.277 e. The molecule has 1 aromatic carbocycles. The number of amides is 2. The first-order valence-electron chi connectivity index (χ1n) is 5.70. The Kier molecular flexibility index (Phi) is 3.48. The molecule has 102 valence electrons. The Morgan fingerprint density at radius 1 is 1.47 bits per heavy atom. The summed E-state index contributed by atoms with van der Waals surface area (Å²) in [5.41, 5.74) is 6.44. The molecular formula is C12H13F2N3O2. The maximum atomic E-state index is 12.9. The molecule has 1 aliphatic heterocycles. The van der Waals surface area contributed by atoms with E-state index in [2.05, 4.69) is 10.6 Å². The zero-order valence-electron chi connectivity index (χ0n) is 10.0. The number of nitrogens with one attached hydrogen (secondary N) is 2. The predicted molar refractivity (Wildman–Crippen MR) is 65.1 cm³/mol. The third-order valence-corrected chi connectivity index (χ3v) is 2.80. The fourth-order valence-corrected chi connectivity index (χ4v) is 1.75. The molecule has 0 radical (unpaired) electrons. The normalized spacial score (nSPS) is 13.9. The summed E-state index contributed by atoms with van der Waals surface area (Å²) >= 11 is 0. The van der Waals surface area contributed by atoms with E-state index < -0.39 is 24.9 Å². The average Bonchev–Trinajstić information content (AvgIpc) is 2.75. The molecule has 0 bridgehead atoms. The fourth-order valence-electron chi connectivity index (χ4n) is 1.75. The number of fused-ring (bicyclic) bond motifs is 1. The molecule has 19 heavy (non-hydrogen) atoms. The number of carbonyl (C=O) groups excluding carboxylic acids is 2. The van der Waals surface area contributed by atoms with E-state index in [1.807, 2.05) is 0 Å². The van der Waals surface area contributed by atoms with Gasteiger partial charge in [-0.3, -0.25) is 9.59 Å². The van der Waals surface area contributed by atoms with Gasteiger partial charge in [0.05, 0.1) is 19.5 Å². The molecule has 0 aliphatic carbocycles. The van der Waals surface area contributed by atoms with Crippen molar-refractivity contribution in [2.75, 3.05) is 18.4 Å². The molecule has 0 saturated carbocycles. The first-order valence-corrected chi connectivity index (χ1v) is 5.70. The minimum absolute atomic E-state index is 0.151. The molecule has 1 aliphatic rings. The number of carbonyl (C=O) groups is 2. The molecular weight excluding hydrogens is 256 g/mol. The van der Waals surface area contributed by atoms with E-state index in [-0.39, 0.29) is 17.9 Å². The summed E-state index contributed by atoms with van der Waals surface area (Å²) in [7, 11) is 0. The van der Waals surface area contributed by atoms with Crippen molar-refractivity contribution in [3.05, 3.63) is 29.3 Å². The van der Waals surface area contributed by atoms with E-state index in [9.17, 15) is 18.4 Å². The largest absolute Gasteiger partial charge is 0.346 e. The van der Waals surface area contributed by atoms with Gasteiger partial charge >= 0.3 is 0 Å². The van der Waals surface area contributed by atoms with Crippen molar-refractivity contribution in [1.82, 2.24) is 5.32 Å². The zero-order valence-corrected chi connectivity index (χ0v) is 10.0. The number of hydrogen-bond acceptors (Lipinski definition) is 3. The van der Waals surface area contributed by atoms with Crippen LogP contribution in [0.3, 0.4) is 0 Å². The molecule has 1 heterocycles. The number of hydrogen-bond donors (Lipinski definition) is 3. The average molecular weight is 269 g/mol. The van der Waals surface area contributed by atoms with Crippen LogP contribution in [0.15, 0.2) is 18.2 Å². The second-order valence-electron chi connectivity index (χ2n) is 4.34. The van der Waals surface area contributed by atoms with Crippen LogP contribution in [0.4, 0.5) is 14.5 Å². The predicted octanol–water partition coefficient (Wildman–Crippen LogP) is 0.505. The summed E-state index contributed by atoms with van der Waals surface area (Å²) in [5, 5.41) is 4.74. The van der Waals surface area contributed by atoms with Crippen molar-refractivity contribution in [3.8, 4) is 0 Å². The first kappa shape index (κ1) is 13.4. The highest BCUT2D eigenvalue weighted by Gasteiger charge is 2.27. The van der Waals surface area contributed by atoms with Gasteiger partial charge in [0.1, 0.15) is 0 Å². The summed E-state index contributed by atoms with van der Waals surface area (Å²) in [6.07, 6.45) is 0.190.